The smallest absolute Gasteiger partial charge is 0.358 e. The molecule has 1 aromatic heterocycles. The van der Waals surface area contributed by atoms with E-state index in [0.29, 0.717) is 23.0 Å². The van der Waals surface area contributed by atoms with Crippen LogP contribution in [0.5, 0.6) is 5.75 Å². The van der Waals surface area contributed by atoms with E-state index in [1.807, 2.05) is 97.9 Å². The summed E-state index contributed by atoms with van der Waals surface area (Å²) in [6.07, 6.45) is 0. The maximum absolute atomic E-state index is 12.0. The van der Waals surface area contributed by atoms with E-state index in [0.717, 1.165) is 33.5 Å². The third kappa shape index (κ3) is 6.78. The molecular weight excluding hydrogens is 516 g/mol. The molecule has 41 heavy (non-hydrogen) atoms. The van der Waals surface area contributed by atoms with Crippen LogP contribution in [-0.2, 0) is 22.8 Å². The van der Waals surface area contributed by atoms with E-state index < -0.39 is 5.97 Å². The highest BCUT2D eigenvalue weighted by molar-refractivity contribution is 6.42. The molecule has 5 rings (SSSR count). The molecule has 0 aliphatic rings. The number of carboxylic acid groups (broad SMARTS) is 1. The Kier molecular flexibility index (Phi) is 8.35. The highest BCUT2D eigenvalue weighted by Gasteiger charge is 2.16. The molecule has 0 aliphatic heterocycles. The summed E-state index contributed by atoms with van der Waals surface area (Å²) in [5.74, 6) is 0.733. The second-order valence-corrected chi connectivity index (χ2v) is 9.26. The minimum atomic E-state index is -1.19. The number of benzene rings is 4. The van der Waals surface area contributed by atoms with Gasteiger partial charge in [-0.15, -0.1) is 0 Å². The standard InChI is InChI=1S/C34H28N2O5/c1-23(26-10-5-3-6-11-26)28-14-9-15-29(20-28)32(34(37)38)36-40-21-25-16-18-30(19-17-25)39-22-31-24(2)41-33(35-31)27-12-7-4-8-13-27/h3-20H,1,21-22H2,2H3,(H,37,38)/b36-32+. The molecule has 0 aliphatic carbocycles. The Morgan fingerprint density at radius 3 is 2.22 bits per heavy atom. The second kappa shape index (κ2) is 12.6. The summed E-state index contributed by atoms with van der Waals surface area (Å²) in [7, 11) is 0. The van der Waals surface area contributed by atoms with Gasteiger partial charge in [-0.05, 0) is 59.5 Å². The van der Waals surface area contributed by atoms with Crippen LogP contribution in [0.3, 0.4) is 0 Å². The summed E-state index contributed by atoms with van der Waals surface area (Å²) in [5, 5.41) is 13.7. The summed E-state index contributed by atoms with van der Waals surface area (Å²) in [5.41, 5.74) is 5.22. The molecule has 4 aromatic carbocycles. The summed E-state index contributed by atoms with van der Waals surface area (Å²) >= 11 is 0. The number of carboxylic acids is 1. The van der Waals surface area contributed by atoms with Gasteiger partial charge in [-0.2, -0.15) is 0 Å². The molecule has 1 N–H and O–H groups in total. The van der Waals surface area contributed by atoms with Crippen molar-refractivity contribution in [3.05, 3.63) is 149 Å². The minimum Gasteiger partial charge on any atom is -0.487 e. The van der Waals surface area contributed by atoms with Crippen LogP contribution in [0.2, 0.25) is 0 Å². The lowest BCUT2D eigenvalue weighted by molar-refractivity contribution is -0.129. The van der Waals surface area contributed by atoms with E-state index in [4.69, 9.17) is 14.0 Å². The third-order valence-electron chi connectivity index (χ3n) is 6.41. The maximum Gasteiger partial charge on any atom is 0.358 e. The van der Waals surface area contributed by atoms with E-state index in [1.54, 1.807) is 18.2 Å². The number of carbonyl (C=O) groups is 1. The number of nitrogens with zero attached hydrogens (tertiary/aromatic N) is 2. The van der Waals surface area contributed by atoms with Crippen LogP contribution in [-0.4, -0.2) is 21.8 Å². The summed E-state index contributed by atoms with van der Waals surface area (Å²) in [4.78, 5) is 22.0. The van der Waals surface area contributed by atoms with Crippen LogP contribution in [0.1, 0.15) is 33.7 Å². The van der Waals surface area contributed by atoms with E-state index in [1.165, 1.54) is 0 Å². The van der Waals surface area contributed by atoms with Gasteiger partial charge >= 0.3 is 5.97 Å². The van der Waals surface area contributed by atoms with Crippen molar-refractivity contribution in [3.8, 4) is 17.2 Å². The SMILES string of the molecule is C=C(c1ccccc1)c1cccc(/C(=N\OCc2ccc(OCc3nc(-c4ccccc4)oc3C)cc2)C(=O)O)c1. The molecule has 0 amide bonds. The Hall–Kier alpha value is -5.43. The fourth-order valence-corrected chi connectivity index (χ4v) is 4.15. The Balaban J connectivity index is 1.20. The van der Waals surface area contributed by atoms with Gasteiger partial charge in [0.2, 0.25) is 5.89 Å². The molecule has 1 heterocycles. The van der Waals surface area contributed by atoms with Gasteiger partial charge in [0.15, 0.2) is 5.71 Å². The van der Waals surface area contributed by atoms with Crippen molar-refractivity contribution in [1.82, 2.24) is 4.98 Å². The van der Waals surface area contributed by atoms with Crippen LogP contribution in [0.15, 0.2) is 125 Å². The third-order valence-corrected chi connectivity index (χ3v) is 6.41. The first-order valence-corrected chi connectivity index (χ1v) is 13.0. The number of aryl methyl sites for hydroxylation is 1. The van der Waals surface area contributed by atoms with Crippen LogP contribution in [0.25, 0.3) is 17.0 Å². The van der Waals surface area contributed by atoms with Crippen molar-refractivity contribution in [2.75, 3.05) is 0 Å². The zero-order valence-corrected chi connectivity index (χ0v) is 22.5. The number of aliphatic carboxylic acids is 1. The van der Waals surface area contributed by atoms with Crippen molar-refractivity contribution in [2.45, 2.75) is 20.1 Å². The second-order valence-electron chi connectivity index (χ2n) is 9.26. The number of oxime groups is 1. The van der Waals surface area contributed by atoms with Gasteiger partial charge in [0.1, 0.15) is 30.4 Å². The zero-order chi connectivity index (χ0) is 28.6. The average Bonchev–Trinajstić information content (AvgIpc) is 3.39. The fraction of sp³-hybridized carbons (Fsp3) is 0.0882. The normalized spacial score (nSPS) is 11.2. The average molecular weight is 545 g/mol. The number of hydrogen-bond donors (Lipinski definition) is 1. The largest absolute Gasteiger partial charge is 0.487 e. The van der Waals surface area contributed by atoms with Crippen LogP contribution in [0.4, 0.5) is 0 Å². The molecule has 0 radical (unpaired) electrons. The summed E-state index contributed by atoms with van der Waals surface area (Å²) < 4.78 is 11.7. The monoisotopic (exact) mass is 544 g/mol. The van der Waals surface area contributed by atoms with E-state index >= 15 is 0 Å². The first kappa shape index (κ1) is 27.1. The van der Waals surface area contributed by atoms with Gasteiger partial charge < -0.3 is 19.1 Å². The van der Waals surface area contributed by atoms with E-state index in [9.17, 15) is 9.90 Å². The molecule has 7 nitrogen and oxygen atoms in total. The van der Waals surface area contributed by atoms with Gasteiger partial charge in [0.25, 0.3) is 0 Å². The molecule has 204 valence electrons. The van der Waals surface area contributed by atoms with Crippen molar-refractivity contribution in [3.63, 3.8) is 0 Å². The van der Waals surface area contributed by atoms with Crippen LogP contribution < -0.4 is 4.74 Å². The lowest BCUT2D eigenvalue weighted by Gasteiger charge is -2.09. The Morgan fingerprint density at radius 2 is 1.51 bits per heavy atom. The molecule has 0 bridgehead atoms. The lowest BCUT2D eigenvalue weighted by atomic mass is 9.97. The molecule has 7 heteroatoms. The highest BCUT2D eigenvalue weighted by Crippen LogP contribution is 2.24. The highest BCUT2D eigenvalue weighted by atomic mass is 16.6. The van der Waals surface area contributed by atoms with Gasteiger partial charge in [0, 0.05) is 11.1 Å². The molecule has 5 aromatic rings. The first-order chi connectivity index (χ1) is 20.0. The Bertz CT molecular complexity index is 1670. The molecule has 0 saturated heterocycles. The van der Waals surface area contributed by atoms with Crippen molar-refractivity contribution in [2.24, 2.45) is 5.16 Å². The number of rotatable bonds is 11. The topological polar surface area (TPSA) is 94.2 Å². The van der Waals surface area contributed by atoms with Crippen molar-refractivity contribution in [1.29, 1.82) is 0 Å². The predicted molar refractivity (Wildman–Crippen MR) is 157 cm³/mol. The molecule has 0 fully saturated rings. The van der Waals surface area contributed by atoms with Gasteiger partial charge in [0.05, 0.1) is 0 Å². The van der Waals surface area contributed by atoms with Crippen LogP contribution >= 0.6 is 0 Å². The van der Waals surface area contributed by atoms with Crippen LogP contribution in [0, 0.1) is 6.92 Å². The van der Waals surface area contributed by atoms with Gasteiger partial charge in [-0.25, -0.2) is 9.78 Å². The van der Waals surface area contributed by atoms with Crippen molar-refractivity contribution >= 4 is 17.3 Å². The van der Waals surface area contributed by atoms with Gasteiger partial charge in [-0.1, -0.05) is 90.6 Å². The quantitative estimate of drug-likeness (QED) is 0.139. The minimum absolute atomic E-state index is 0.0936. The fourth-order valence-electron chi connectivity index (χ4n) is 4.15. The zero-order valence-electron chi connectivity index (χ0n) is 22.5. The Labute approximate surface area is 238 Å². The van der Waals surface area contributed by atoms with Gasteiger partial charge in [-0.3, -0.25) is 0 Å². The number of aromatic nitrogens is 1. The molecule has 0 unspecified atom stereocenters. The number of ether oxygens (including phenoxy) is 1. The summed E-state index contributed by atoms with van der Waals surface area (Å²) in [6, 6.07) is 33.8. The Morgan fingerprint density at radius 1 is 0.854 bits per heavy atom. The molecule has 0 spiro atoms. The first-order valence-electron chi connectivity index (χ1n) is 13.0. The molecule has 0 atom stereocenters. The number of hydrogen-bond acceptors (Lipinski definition) is 6. The number of oxazole rings is 1. The van der Waals surface area contributed by atoms with E-state index in [-0.39, 0.29) is 18.9 Å². The molecule has 0 saturated carbocycles. The lowest BCUT2D eigenvalue weighted by Crippen LogP contribution is -2.15. The molecular formula is C34H28N2O5. The van der Waals surface area contributed by atoms with E-state index in [2.05, 4.69) is 16.7 Å². The maximum atomic E-state index is 12.0. The summed E-state index contributed by atoms with van der Waals surface area (Å²) in [6.45, 7) is 6.38. The predicted octanol–water partition coefficient (Wildman–Crippen LogP) is 7.30. The van der Waals surface area contributed by atoms with Crippen molar-refractivity contribution < 1.29 is 23.9 Å².